The van der Waals surface area contributed by atoms with Gasteiger partial charge in [0.15, 0.2) is 10.8 Å². The van der Waals surface area contributed by atoms with Crippen LogP contribution in [0, 0.1) is 5.92 Å². The van der Waals surface area contributed by atoms with Gasteiger partial charge in [0.25, 0.3) is 17.5 Å². The molecule has 1 aliphatic carbocycles. The molecule has 1 aromatic heterocycles. The quantitative estimate of drug-likeness (QED) is 0.147. The summed E-state index contributed by atoms with van der Waals surface area (Å²) in [5.74, 6) is -5.51. The number of rotatable bonds is 7. The molecule has 5 N–H and O–H groups in total. The summed E-state index contributed by atoms with van der Waals surface area (Å²) in [5.41, 5.74) is 1.65. The van der Waals surface area contributed by atoms with Gasteiger partial charge in [-0.15, -0.1) is 23.1 Å². The maximum absolute atomic E-state index is 13.0. The molecule has 16 heteroatoms. The van der Waals surface area contributed by atoms with Gasteiger partial charge >= 0.3 is 17.9 Å². The Labute approximate surface area is 198 Å². The maximum Gasteiger partial charge on any atom is 0.370 e. The number of oxime groups is 1. The molecule has 14 nitrogen and oxygen atoms in total. The van der Waals surface area contributed by atoms with Crippen LogP contribution in [0.5, 0.6) is 0 Å². The van der Waals surface area contributed by atoms with Gasteiger partial charge in [-0.3, -0.25) is 19.3 Å². The van der Waals surface area contributed by atoms with E-state index in [0.29, 0.717) is 0 Å². The van der Waals surface area contributed by atoms with E-state index in [1.165, 1.54) is 17.1 Å². The second-order valence-corrected chi connectivity index (χ2v) is 10.2. The normalized spacial score (nSPS) is 31.0. The molecule has 4 aliphatic rings. The number of aromatic nitrogens is 1. The fourth-order valence-corrected chi connectivity index (χ4v) is 6.22. The number of nitrogens with two attached hydrogens (primary N) is 1. The molecular weight excluding hydrogens is 494 g/mol. The zero-order valence-electron chi connectivity index (χ0n) is 17.1. The lowest BCUT2D eigenvalue weighted by Gasteiger charge is -2.56. The van der Waals surface area contributed by atoms with Crippen LogP contribution in [0.2, 0.25) is 0 Å². The number of amides is 2. The third-order valence-corrected chi connectivity index (χ3v) is 8.18. The van der Waals surface area contributed by atoms with Crippen LogP contribution in [0.4, 0.5) is 5.13 Å². The molecule has 3 aliphatic heterocycles. The average Bonchev–Trinajstić information content (AvgIpc) is 3.33. The molecule has 3 saturated heterocycles. The number of carboxylic acids is 2. The van der Waals surface area contributed by atoms with Crippen LogP contribution in [0.15, 0.2) is 10.5 Å². The molecule has 4 fully saturated rings. The second kappa shape index (κ2) is 7.56. The fraction of sp³-hybridized carbons (Fsp3) is 0.500. The number of fused-ring (bicyclic) bond motifs is 3. The van der Waals surface area contributed by atoms with Crippen molar-refractivity contribution in [3.63, 3.8) is 0 Å². The Hall–Kier alpha value is -3.40. The third kappa shape index (κ3) is 3.19. The highest BCUT2D eigenvalue weighted by molar-refractivity contribution is 8.00. The Morgan fingerprint density at radius 2 is 2.03 bits per heavy atom. The highest BCUT2D eigenvalue weighted by Gasteiger charge is 2.71. The summed E-state index contributed by atoms with van der Waals surface area (Å²) in [6.45, 7) is 0. The number of carboxylic acid groups (broad SMARTS) is 2. The minimum atomic E-state index is -2.10. The van der Waals surface area contributed by atoms with Crippen LogP contribution in [-0.2, 0) is 33.5 Å². The number of esters is 1. The van der Waals surface area contributed by atoms with Crippen molar-refractivity contribution in [2.75, 3.05) is 11.5 Å². The number of thiazole rings is 1. The highest BCUT2D eigenvalue weighted by atomic mass is 32.2. The van der Waals surface area contributed by atoms with Gasteiger partial charge in [-0.2, -0.15) is 0 Å². The number of hydrogen-bond acceptors (Lipinski definition) is 12. The number of ether oxygens (including phenoxy) is 1. The van der Waals surface area contributed by atoms with Crippen molar-refractivity contribution in [3.8, 4) is 0 Å². The summed E-state index contributed by atoms with van der Waals surface area (Å²) in [7, 11) is 0. The molecule has 0 radical (unpaired) electrons. The molecule has 0 bridgehead atoms. The Kier molecular flexibility index (Phi) is 4.98. The number of nitrogens with zero attached hydrogens (tertiary/aromatic N) is 3. The summed E-state index contributed by atoms with van der Waals surface area (Å²) in [6.07, 6.45) is 0.301. The number of nitrogen functional groups attached to an aromatic ring is 1. The van der Waals surface area contributed by atoms with Gasteiger partial charge < -0.3 is 30.8 Å². The smallest absolute Gasteiger partial charge is 0.370 e. The van der Waals surface area contributed by atoms with Gasteiger partial charge in [0.2, 0.25) is 5.60 Å². The van der Waals surface area contributed by atoms with Crippen LogP contribution < -0.4 is 11.1 Å². The molecule has 4 atom stereocenters. The predicted molar refractivity (Wildman–Crippen MR) is 113 cm³/mol. The Bertz CT molecular complexity index is 1160. The lowest BCUT2D eigenvalue weighted by molar-refractivity contribution is -0.215. The van der Waals surface area contributed by atoms with Gasteiger partial charge in [-0.1, -0.05) is 5.16 Å². The van der Waals surface area contributed by atoms with Crippen molar-refractivity contribution >= 4 is 63.7 Å². The standard InChI is InChI=1S/C18H17N5O9S2/c19-16-20-7(5-34-16)9(22-32-17(1-2-17)14(27)28)11(25)21-10-12(26)23-13(10)33-4-6-3-8(24)31-18(6,23)15(29)30/h5-6,10,13H,1-4H2,(H2,19,20)(H,21,25)(H,27,28)(H,29,30)/b22-9-/t6-,10+,13+,18+/m0/s1. The van der Waals surface area contributed by atoms with E-state index >= 15 is 0 Å². The van der Waals surface area contributed by atoms with E-state index in [-0.39, 0.29) is 41.6 Å². The van der Waals surface area contributed by atoms with Crippen molar-refractivity contribution < 1.29 is 43.8 Å². The van der Waals surface area contributed by atoms with E-state index in [4.69, 9.17) is 15.3 Å². The monoisotopic (exact) mass is 511 g/mol. The van der Waals surface area contributed by atoms with Crippen molar-refractivity contribution in [1.82, 2.24) is 15.2 Å². The SMILES string of the molecule is Nc1nc(/C(=N/OC2(C(=O)O)CC2)C(=O)N[C@@H]2C(=O)N3[C@@H]2SC[C@@H]2CC(=O)O[C@@]23C(=O)O)cs1. The minimum Gasteiger partial charge on any atom is -0.478 e. The van der Waals surface area contributed by atoms with Crippen molar-refractivity contribution in [2.45, 2.75) is 42.0 Å². The maximum atomic E-state index is 13.0. The minimum absolute atomic E-state index is 0.0212. The first-order chi connectivity index (χ1) is 16.1. The van der Waals surface area contributed by atoms with Crippen LogP contribution in [0.25, 0.3) is 0 Å². The zero-order chi connectivity index (χ0) is 24.4. The Balaban J connectivity index is 1.37. The summed E-state index contributed by atoms with van der Waals surface area (Å²) in [4.78, 5) is 71.3. The van der Waals surface area contributed by atoms with Crippen molar-refractivity contribution in [3.05, 3.63) is 11.1 Å². The first kappa shape index (κ1) is 22.4. The number of thioether (sulfide) groups is 1. The van der Waals surface area contributed by atoms with Gasteiger partial charge in [-0.05, 0) is 0 Å². The van der Waals surface area contributed by atoms with Crippen molar-refractivity contribution in [1.29, 1.82) is 0 Å². The molecule has 180 valence electrons. The molecule has 34 heavy (non-hydrogen) atoms. The van der Waals surface area contributed by atoms with E-state index in [1.54, 1.807) is 0 Å². The predicted octanol–water partition coefficient (Wildman–Crippen LogP) is -1.19. The molecule has 2 amide bonds. The molecular formula is C18H17N5O9S2. The average molecular weight is 511 g/mol. The van der Waals surface area contributed by atoms with Gasteiger partial charge in [-0.25, -0.2) is 14.6 Å². The molecule has 1 saturated carbocycles. The molecule has 1 aromatic rings. The summed E-state index contributed by atoms with van der Waals surface area (Å²) in [5, 5.41) is 26.0. The molecule has 0 unspecified atom stereocenters. The van der Waals surface area contributed by atoms with Crippen molar-refractivity contribution in [2.24, 2.45) is 11.1 Å². The third-order valence-electron chi connectivity index (χ3n) is 6.08. The van der Waals surface area contributed by atoms with Gasteiger partial charge in [0, 0.05) is 29.9 Å². The second-order valence-electron chi connectivity index (χ2n) is 8.16. The molecule has 0 spiro atoms. The number of carbonyl (C=O) groups is 5. The largest absolute Gasteiger partial charge is 0.478 e. The van der Waals surface area contributed by atoms with Crippen LogP contribution in [0.1, 0.15) is 25.0 Å². The first-order valence-electron chi connectivity index (χ1n) is 10.0. The van der Waals surface area contributed by atoms with Gasteiger partial charge in [0.1, 0.15) is 17.1 Å². The van der Waals surface area contributed by atoms with E-state index in [0.717, 1.165) is 16.2 Å². The topological polar surface area (TPSA) is 211 Å². The van der Waals surface area contributed by atoms with Crippen LogP contribution in [-0.4, -0.2) is 84.0 Å². The van der Waals surface area contributed by atoms with Gasteiger partial charge in [0.05, 0.1) is 6.42 Å². The highest BCUT2D eigenvalue weighted by Crippen LogP contribution is 2.51. The number of hydrogen-bond donors (Lipinski definition) is 4. The Morgan fingerprint density at radius 3 is 2.62 bits per heavy atom. The zero-order valence-corrected chi connectivity index (χ0v) is 18.8. The molecule has 5 rings (SSSR count). The number of carbonyl (C=O) groups excluding carboxylic acids is 3. The number of β-lactam (4-membered cyclic amide) rings is 1. The number of nitrogens with one attached hydrogen (secondary N) is 1. The summed E-state index contributed by atoms with van der Waals surface area (Å²) >= 11 is 2.23. The van der Waals surface area contributed by atoms with E-state index in [2.05, 4.69) is 15.5 Å². The number of aliphatic carboxylic acids is 2. The molecule has 4 heterocycles. The number of anilines is 1. The van der Waals surface area contributed by atoms with E-state index in [1.807, 2.05) is 0 Å². The van der Waals surface area contributed by atoms with E-state index in [9.17, 15) is 34.2 Å². The molecule has 0 aromatic carbocycles. The Morgan fingerprint density at radius 1 is 1.29 bits per heavy atom. The fourth-order valence-electron chi connectivity index (χ4n) is 4.11. The van der Waals surface area contributed by atoms with E-state index < -0.39 is 58.4 Å². The first-order valence-corrected chi connectivity index (χ1v) is 11.9. The lowest BCUT2D eigenvalue weighted by Crippen LogP contribution is -2.80. The van der Waals surface area contributed by atoms with Crippen LogP contribution >= 0.6 is 23.1 Å². The van der Waals surface area contributed by atoms with Crippen LogP contribution in [0.3, 0.4) is 0 Å². The lowest BCUT2D eigenvalue weighted by atomic mass is 9.89. The summed E-state index contributed by atoms with van der Waals surface area (Å²) < 4.78 is 5.12. The summed E-state index contributed by atoms with van der Waals surface area (Å²) in [6, 6.07) is -1.13.